The molecule has 28 heteroatoms. The van der Waals surface area contributed by atoms with Gasteiger partial charge in [0.25, 0.3) is 22.9 Å². The van der Waals surface area contributed by atoms with Crippen LogP contribution in [0.1, 0.15) is 11.1 Å². The highest BCUT2D eigenvalue weighted by atomic mass is 32.2. The van der Waals surface area contributed by atoms with Gasteiger partial charge >= 0.3 is 44.0 Å². The lowest BCUT2D eigenvalue weighted by Gasteiger charge is -2.14. The van der Waals surface area contributed by atoms with Crippen LogP contribution in [-0.4, -0.2) is 60.1 Å². The number of aryl methyl sites for hydroxylation is 2. The Hall–Kier alpha value is -6.58. The Morgan fingerprint density at radius 2 is 0.806 bits per heavy atom. The Labute approximate surface area is 337 Å². The number of nitrogens with zero attached hydrogens (tertiary/aromatic N) is 4. The summed E-state index contributed by atoms with van der Waals surface area (Å²) in [4.78, 5) is 25.5. The van der Waals surface area contributed by atoms with E-state index in [0.717, 1.165) is 54.6 Å². The van der Waals surface area contributed by atoms with Crippen LogP contribution in [0.3, 0.4) is 0 Å². The van der Waals surface area contributed by atoms with Crippen molar-refractivity contribution in [1.29, 1.82) is 0 Å². The zero-order chi connectivity index (χ0) is 46.4. The third-order valence-corrected chi connectivity index (χ3v) is 9.50. The van der Waals surface area contributed by atoms with Crippen molar-refractivity contribution >= 4 is 41.8 Å². The average molecular weight is 937 g/mol. The fourth-order valence-corrected chi connectivity index (χ4v) is 5.86. The molecule has 0 atom stereocenters. The summed E-state index contributed by atoms with van der Waals surface area (Å²) in [6, 6.07) is 14.9. The molecule has 62 heavy (non-hydrogen) atoms. The van der Waals surface area contributed by atoms with Gasteiger partial charge in [0.1, 0.15) is 11.5 Å². The molecule has 4 aromatic carbocycles. The maximum atomic E-state index is 12.8. The minimum absolute atomic E-state index is 0.183. The zero-order valence-electron chi connectivity index (χ0n) is 30.3. The average Bonchev–Trinajstić information content (AvgIpc) is 3.12. The lowest BCUT2D eigenvalue weighted by molar-refractivity contribution is -0.275. The quantitative estimate of drug-likeness (QED) is 0.0830. The van der Waals surface area contributed by atoms with Crippen molar-refractivity contribution < 1.29 is 87.4 Å². The third-order valence-electron chi connectivity index (χ3n) is 7.61. The molecule has 0 aliphatic rings. The predicted octanol–water partition coefficient (Wildman–Crippen LogP) is 7.64. The summed E-state index contributed by atoms with van der Waals surface area (Å²) in [5, 5.41) is 6.03. The predicted molar refractivity (Wildman–Crippen MR) is 189 cm³/mol. The molecule has 2 aromatic heterocycles. The van der Waals surface area contributed by atoms with E-state index >= 15 is 0 Å². The number of ether oxygens (including phenoxy) is 2. The molecular weight excluding hydrogens is 917 g/mol. The molecule has 0 saturated carbocycles. The van der Waals surface area contributed by atoms with Crippen LogP contribution >= 0.6 is 0 Å². The van der Waals surface area contributed by atoms with Crippen LogP contribution in [0.25, 0.3) is 32.9 Å². The molecule has 0 bridgehead atoms. The smallest absolute Gasteiger partial charge is 0.406 e. The van der Waals surface area contributed by atoms with E-state index in [1.54, 1.807) is 6.92 Å². The molecule has 2 heterocycles. The van der Waals surface area contributed by atoms with E-state index < -0.39 is 78.4 Å². The molecule has 0 saturated heterocycles. The van der Waals surface area contributed by atoms with Crippen LogP contribution in [-0.2, 0) is 20.2 Å². The minimum atomic E-state index is -6.12. The van der Waals surface area contributed by atoms with Gasteiger partial charge in [-0.15, -0.1) is 36.5 Å². The molecule has 0 aliphatic heterocycles. The summed E-state index contributed by atoms with van der Waals surface area (Å²) in [6.07, 6.45) is -9.94. The van der Waals surface area contributed by atoms with Gasteiger partial charge in [-0.3, -0.25) is 9.59 Å². The second-order valence-electron chi connectivity index (χ2n) is 12.2. The number of rotatable bonds is 8. The molecule has 0 fully saturated rings. The number of aromatic nitrogens is 4. The van der Waals surface area contributed by atoms with Gasteiger partial charge in [-0.05, 0) is 86.6 Å². The molecule has 0 aliphatic carbocycles. The van der Waals surface area contributed by atoms with Gasteiger partial charge in [0, 0.05) is 0 Å². The Bertz CT molecular complexity index is 3010. The molecule has 0 radical (unpaired) electrons. The first-order valence-corrected chi connectivity index (χ1v) is 19.0. The maximum absolute atomic E-state index is 12.8. The van der Waals surface area contributed by atoms with E-state index in [1.807, 2.05) is 0 Å². The Kier molecular flexibility index (Phi) is 12.3. The van der Waals surface area contributed by atoms with E-state index in [1.165, 1.54) is 37.3 Å². The van der Waals surface area contributed by atoms with E-state index in [-0.39, 0.29) is 32.9 Å². The molecule has 14 nitrogen and oxygen atoms in total. The summed E-state index contributed by atoms with van der Waals surface area (Å²) in [5.41, 5.74) is -12.7. The first-order valence-electron chi connectivity index (χ1n) is 16.2. The largest absolute Gasteiger partial charge is 0.573 e. The van der Waals surface area contributed by atoms with Gasteiger partial charge in [-0.1, -0.05) is 23.3 Å². The summed E-state index contributed by atoms with van der Waals surface area (Å²) in [7, 11) is -12.2. The Morgan fingerprint density at radius 3 is 1.18 bits per heavy atom. The summed E-state index contributed by atoms with van der Waals surface area (Å²) in [5.74, 6) is -3.33. The number of hydrogen-bond acceptors (Lipinski definition) is 12. The number of fused-ring (bicyclic) bond motifs is 2. The van der Waals surface area contributed by atoms with Crippen molar-refractivity contribution in [3.05, 3.63) is 117 Å². The molecule has 0 N–H and O–H groups in total. The molecule has 0 spiro atoms. The molecule has 6 rings (SSSR count). The standard InChI is InChI=1S/2C17H10F6N2O5S/c1-9-2-7-12-13(8-9)14(30-31(27,28)17(21,22)23)24-25(15(12)26)10-3-5-11(6-4-10)29-16(18,19)20;1-9-2-7-12-13(8-9)15(26)25(24-14(12)30-31(27,28)17(21,22)23)10-3-5-11(6-4-10)29-16(18,19)20/h2*2-8H,1H3. The van der Waals surface area contributed by atoms with Crippen molar-refractivity contribution in [2.24, 2.45) is 0 Å². The Morgan fingerprint density at radius 1 is 0.468 bits per heavy atom. The first-order chi connectivity index (χ1) is 28.4. The first kappa shape index (κ1) is 46.5. The minimum Gasteiger partial charge on any atom is -0.406 e. The number of hydrogen-bond donors (Lipinski definition) is 0. The topological polar surface area (TPSA) is 175 Å². The second kappa shape index (κ2) is 16.4. The molecule has 332 valence electrons. The van der Waals surface area contributed by atoms with Gasteiger partial charge in [-0.2, -0.15) is 52.5 Å². The maximum Gasteiger partial charge on any atom is 0.573 e. The van der Waals surface area contributed by atoms with Crippen LogP contribution in [0, 0.1) is 13.8 Å². The van der Waals surface area contributed by atoms with E-state index in [9.17, 15) is 79.1 Å². The van der Waals surface area contributed by atoms with Crippen molar-refractivity contribution in [1.82, 2.24) is 19.6 Å². The summed E-state index contributed by atoms with van der Waals surface area (Å²) < 4.78 is 213. The van der Waals surface area contributed by atoms with Crippen molar-refractivity contribution in [3.8, 4) is 34.6 Å². The van der Waals surface area contributed by atoms with Gasteiger partial charge in [0.2, 0.25) is 0 Å². The Balaban J connectivity index is 0.000000234. The summed E-state index contributed by atoms with van der Waals surface area (Å²) in [6.45, 7) is 3.10. The van der Waals surface area contributed by atoms with Crippen LogP contribution in [0.2, 0.25) is 0 Å². The SMILES string of the molecule is Cc1ccc2c(=O)n(-c3ccc(OC(F)(F)F)cc3)nc(OS(=O)(=O)C(F)(F)F)c2c1.Cc1ccc2c(OS(=O)(=O)C(F)(F)F)nn(-c3ccc(OC(F)(F)F)cc3)c(=O)c2c1. The lowest BCUT2D eigenvalue weighted by atomic mass is 10.1. The highest BCUT2D eigenvalue weighted by Crippen LogP contribution is 2.33. The van der Waals surface area contributed by atoms with Crippen molar-refractivity contribution in [2.75, 3.05) is 0 Å². The van der Waals surface area contributed by atoms with Gasteiger partial charge in [0.05, 0.1) is 32.9 Å². The summed E-state index contributed by atoms with van der Waals surface area (Å²) >= 11 is 0. The van der Waals surface area contributed by atoms with Crippen LogP contribution < -0.4 is 29.0 Å². The number of alkyl halides is 12. The molecule has 6 aromatic rings. The van der Waals surface area contributed by atoms with Crippen molar-refractivity contribution in [2.45, 2.75) is 37.6 Å². The normalized spacial score (nSPS) is 12.7. The van der Waals surface area contributed by atoms with E-state index in [0.29, 0.717) is 20.5 Å². The number of halogens is 12. The van der Waals surface area contributed by atoms with Crippen LogP contribution in [0.5, 0.6) is 23.3 Å². The van der Waals surface area contributed by atoms with Gasteiger partial charge in [-0.25, -0.2) is 0 Å². The number of benzene rings is 4. The zero-order valence-corrected chi connectivity index (χ0v) is 31.9. The molecule has 0 amide bonds. The molecular formula is C34H20F12N4O10S2. The van der Waals surface area contributed by atoms with Gasteiger partial charge < -0.3 is 17.8 Å². The van der Waals surface area contributed by atoms with E-state index in [2.05, 4.69) is 28.0 Å². The third kappa shape index (κ3) is 10.6. The fourth-order valence-electron chi connectivity index (χ4n) is 5.00. The second-order valence-corrected chi connectivity index (χ2v) is 15.3. The molecule has 0 unspecified atom stereocenters. The van der Waals surface area contributed by atoms with Crippen LogP contribution in [0.15, 0.2) is 94.5 Å². The fraction of sp³-hybridized carbons (Fsp3) is 0.176. The van der Waals surface area contributed by atoms with E-state index in [4.69, 9.17) is 0 Å². The highest BCUT2D eigenvalue weighted by molar-refractivity contribution is 7.88. The van der Waals surface area contributed by atoms with Crippen molar-refractivity contribution in [3.63, 3.8) is 0 Å². The highest BCUT2D eigenvalue weighted by Gasteiger charge is 2.50. The van der Waals surface area contributed by atoms with Gasteiger partial charge in [0.15, 0.2) is 0 Å². The van der Waals surface area contributed by atoms with Crippen LogP contribution in [0.4, 0.5) is 52.7 Å². The lowest BCUT2D eigenvalue weighted by Crippen LogP contribution is -2.30. The monoisotopic (exact) mass is 936 g/mol.